The lowest BCUT2D eigenvalue weighted by Gasteiger charge is -2.06. The Hall–Kier alpha value is -1.64. The first-order chi connectivity index (χ1) is 9.19. The second-order valence-corrected chi connectivity index (χ2v) is 4.19. The minimum atomic E-state index is 0. The number of aromatic nitrogens is 3. The van der Waals surface area contributed by atoms with Crippen LogP contribution in [0.15, 0.2) is 35.6 Å². The van der Waals surface area contributed by atoms with E-state index in [9.17, 15) is 0 Å². The first-order valence-electron chi connectivity index (χ1n) is 6.19. The Kier molecular flexibility index (Phi) is 6.43. The summed E-state index contributed by atoms with van der Waals surface area (Å²) >= 11 is 0. The molecule has 0 radical (unpaired) electrons. The molecule has 0 atom stereocenters. The molecule has 0 saturated carbocycles. The number of nitrogens with one attached hydrogen (secondary N) is 1. The number of hydrogen-bond donors (Lipinski definition) is 2. The Morgan fingerprint density at radius 1 is 1.45 bits per heavy atom. The van der Waals surface area contributed by atoms with Gasteiger partial charge in [0.2, 0.25) is 0 Å². The Bertz CT molecular complexity index is 578. The molecule has 0 amide bonds. The highest BCUT2D eigenvalue weighted by molar-refractivity contribution is 14.0. The highest BCUT2D eigenvalue weighted by atomic mass is 127. The molecule has 6 nitrogen and oxygen atoms in total. The molecular weight excluding hydrogens is 367 g/mol. The zero-order chi connectivity index (χ0) is 13.7. The molecule has 0 spiro atoms. The van der Waals surface area contributed by atoms with Crippen LogP contribution in [0.1, 0.15) is 18.3 Å². The van der Waals surface area contributed by atoms with Crippen molar-refractivity contribution in [1.29, 1.82) is 0 Å². The number of anilines is 1. The molecule has 0 aliphatic rings. The molecule has 1 heterocycles. The van der Waals surface area contributed by atoms with Gasteiger partial charge in [-0.05, 0) is 31.5 Å². The average molecular weight is 386 g/mol. The van der Waals surface area contributed by atoms with Gasteiger partial charge in [-0.25, -0.2) is 14.7 Å². The van der Waals surface area contributed by atoms with Crippen molar-refractivity contribution in [3.05, 3.63) is 42.0 Å². The summed E-state index contributed by atoms with van der Waals surface area (Å²) in [5.74, 6) is 1.17. The first-order valence-corrected chi connectivity index (χ1v) is 6.19. The third-order valence-corrected chi connectivity index (χ3v) is 2.68. The summed E-state index contributed by atoms with van der Waals surface area (Å²) in [7, 11) is 0. The van der Waals surface area contributed by atoms with Gasteiger partial charge in [-0.15, -0.1) is 24.0 Å². The molecule has 7 heteroatoms. The fourth-order valence-electron chi connectivity index (χ4n) is 1.74. The number of nitrogens with two attached hydrogens (primary N) is 1. The topological polar surface area (TPSA) is 81.1 Å². The number of rotatable bonds is 4. The normalized spacial score (nSPS) is 11.0. The van der Waals surface area contributed by atoms with Crippen molar-refractivity contribution >= 4 is 35.6 Å². The van der Waals surface area contributed by atoms with Crippen LogP contribution in [0.4, 0.5) is 5.69 Å². The molecule has 1 aromatic heterocycles. The van der Waals surface area contributed by atoms with Gasteiger partial charge in [0.25, 0.3) is 0 Å². The minimum absolute atomic E-state index is 0. The quantitative estimate of drug-likeness (QED) is 0.480. The molecule has 0 aliphatic carbocycles. The number of nitrogens with zero attached hydrogens (tertiary/aromatic N) is 4. The summed E-state index contributed by atoms with van der Waals surface area (Å²) < 4.78 is 1.80. The highest BCUT2D eigenvalue weighted by Gasteiger charge is 2.01. The maximum Gasteiger partial charge on any atom is 0.193 e. The molecule has 108 valence electrons. The van der Waals surface area contributed by atoms with Gasteiger partial charge in [-0.1, -0.05) is 12.1 Å². The Balaban J connectivity index is 0.00000200. The van der Waals surface area contributed by atoms with Crippen LogP contribution < -0.4 is 11.1 Å². The van der Waals surface area contributed by atoms with Crippen LogP contribution >= 0.6 is 24.0 Å². The summed E-state index contributed by atoms with van der Waals surface area (Å²) in [5, 5.41) is 7.14. The van der Waals surface area contributed by atoms with Crippen LogP contribution in [0.5, 0.6) is 0 Å². The van der Waals surface area contributed by atoms with Crippen molar-refractivity contribution in [2.75, 3.05) is 5.32 Å². The van der Waals surface area contributed by atoms with Crippen molar-refractivity contribution in [2.45, 2.75) is 26.9 Å². The van der Waals surface area contributed by atoms with Crippen LogP contribution in [0, 0.1) is 6.92 Å². The molecule has 0 unspecified atom stereocenters. The molecule has 0 bridgehead atoms. The van der Waals surface area contributed by atoms with Gasteiger partial charge in [-0.3, -0.25) is 0 Å². The lowest BCUT2D eigenvalue weighted by atomic mass is 10.2. The number of halogens is 1. The maximum atomic E-state index is 5.85. The summed E-state index contributed by atoms with van der Waals surface area (Å²) in [5.41, 5.74) is 7.94. The van der Waals surface area contributed by atoms with E-state index in [1.807, 2.05) is 38.1 Å². The van der Waals surface area contributed by atoms with E-state index < -0.39 is 0 Å². The van der Waals surface area contributed by atoms with Crippen molar-refractivity contribution in [2.24, 2.45) is 10.7 Å². The van der Waals surface area contributed by atoms with E-state index in [-0.39, 0.29) is 24.0 Å². The molecule has 0 aliphatic heterocycles. The predicted molar refractivity (Wildman–Crippen MR) is 91.2 cm³/mol. The fraction of sp³-hybridized carbons (Fsp3) is 0.308. The number of guanidine groups is 1. The molecule has 20 heavy (non-hydrogen) atoms. The van der Waals surface area contributed by atoms with E-state index >= 15 is 0 Å². The summed E-state index contributed by atoms with van der Waals surface area (Å²) in [6, 6.07) is 7.96. The lowest BCUT2D eigenvalue weighted by Crippen LogP contribution is -2.23. The Labute approximate surface area is 135 Å². The SMILES string of the molecule is CCn1ncnc1CN=C(N)Nc1cccc(C)c1.I. The minimum Gasteiger partial charge on any atom is -0.370 e. The summed E-state index contributed by atoms with van der Waals surface area (Å²) in [4.78, 5) is 8.40. The zero-order valence-corrected chi connectivity index (χ0v) is 13.9. The van der Waals surface area contributed by atoms with Gasteiger partial charge >= 0.3 is 0 Å². The largest absolute Gasteiger partial charge is 0.370 e. The predicted octanol–water partition coefficient (Wildman–Crippen LogP) is 2.15. The third kappa shape index (κ3) is 4.48. The lowest BCUT2D eigenvalue weighted by molar-refractivity contribution is 0.616. The van der Waals surface area contributed by atoms with Gasteiger partial charge in [0, 0.05) is 12.2 Å². The molecule has 3 N–H and O–H groups in total. The van der Waals surface area contributed by atoms with Crippen LogP contribution in [0.3, 0.4) is 0 Å². The van der Waals surface area contributed by atoms with Crippen LogP contribution in [0.2, 0.25) is 0 Å². The van der Waals surface area contributed by atoms with Crippen molar-refractivity contribution < 1.29 is 0 Å². The van der Waals surface area contributed by atoms with Crippen molar-refractivity contribution in [3.8, 4) is 0 Å². The second kappa shape index (κ2) is 7.83. The Morgan fingerprint density at radius 2 is 2.25 bits per heavy atom. The molecule has 0 fully saturated rings. The average Bonchev–Trinajstić information content (AvgIpc) is 2.83. The van der Waals surface area contributed by atoms with Gasteiger partial charge in [-0.2, -0.15) is 5.10 Å². The van der Waals surface area contributed by atoms with Crippen molar-refractivity contribution in [1.82, 2.24) is 14.8 Å². The second-order valence-electron chi connectivity index (χ2n) is 4.19. The fourth-order valence-corrected chi connectivity index (χ4v) is 1.74. The zero-order valence-electron chi connectivity index (χ0n) is 11.6. The molecule has 1 aromatic carbocycles. The van der Waals surface area contributed by atoms with E-state index in [4.69, 9.17) is 5.73 Å². The van der Waals surface area contributed by atoms with E-state index in [0.29, 0.717) is 12.5 Å². The maximum absolute atomic E-state index is 5.85. The third-order valence-electron chi connectivity index (χ3n) is 2.68. The number of hydrogen-bond acceptors (Lipinski definition) is 3. The van der Waals surface area contributed by atoms with Gasteiger partial charge in [0.15, 0.2) is 5.96 Å². The van der Waals surface area contributed by atoms with Crippen LogP contribution in [0.25, 0.3) is 0 Å². The number of benzene rings is 1. The monoisotopic (exact) mass is 386 g/mol. The van der Waals surface area contributed by atoms with Crippen LogP contribution in [-0.4, -0.2) is 20.7 Å². The standard InChI is InChI=1S/C13H18N6.HI/c1-3-19-12(16-9-17-19)8-15-13(14)18-11-6-4-5-10(2)7-11;/h4-7,9H,3,8H2,1-2H3,(H3,14,15,18);1H. The van der Waals surface area contributed by atoms with Gasteiger partial charge in [0.1, 0.15) is 18.7 Å². The first kappa shape index (κ1) is 16.4. The van der Waals surface area contributed by atoms with E-state index in [0.717, 1.165) is 18.1 Å². The van der Waals surface area contributed by atoms with Crippen molar-refractivity contribution in [3.63, 3.8) is 0 Å². The smallest absolute Gasteiger partial charge is 0.193 e. The molecule has 2 rings (SSSR count). The van der Waals surface area contributed by atoms with Gasteiger partial charge in [0.05, 0.1) is 0 Å². The highest BCUT2D eigenvalue weighted by Crippen LogP contribution is 2.08. The van der Waals surface area contributed by atoms with E-state index in [1.54, 1.807) is 4.68 Å². The number of aryl methyl sites for hydroxylation is 2. The number of aliphatic imine (C=N–C) groups is 1. The molecular formula is C13H19IN6. The van der Waals surface area contributed by atoms with Gasteiger partial charge < -0.3 is 11.1 Å². The Morgan fingerprint density at radius 3 is 2.95 bits per heavy atom. The summed E-state index contributed by atoms with van der Waals surface area (Å²) in [6.07, 6.45) is 1.53. The van der Waals surface area contributed by atoms with E-state index in [2.05, 4.69) is 20.4 Å². The summed E-state index contributed by atoms with van der Waals surface area (Å²) in [6.45, 7) is 5.23. The molecule has 0 saturated heterocycles. The van der Waals surface area contributed by atoms with E-state index in [1.165, 1.54) is 11.9 Å². The van der Waals surface area contributed by atoms with Crippen LogP contribution in [-0.2, 0) is 13.1 Å². The molecule has 2 aromatic rings.